The van der Waals surface area contributed by atoms with Crippen LogP contribution in [0.15, 0.2) is 0 Å². The third kappa shape index (κ3) is 8.62. The second kappa shape index (κ2) is 10.0. The van der Waals surface area contributed by atoms with Gasteiger partial charge < -0.3 is 14.8 Å². The Morgan fingerprint density at radius 3 is 2.29 bits per heavy atom. The predicted octanol–water partition coefficient (Wildman–Crippen LogP) is 0.820. The molecule has 0 aromatic rings. The Morgan fingerprint density at radius 1 is 1.18 bits per heavy atom. The monoisotopic (exact) mass is 249 g/mol. The molecule has 0 aliphatic rings. The maximum absolute atomic E-state index is 12.5. The average Bonchev–Trinajstić information content (AvgIpc) is 2.28. The van der Waals surface area contributed by atoms with Gasteiger partial charge in [0.25, 0.3) is 0 Å². The Labute approximate surface area is 101 Å². The Kier molecular flexibility index (Phi) is 9.33. The van der Waals surface area contributed by atoms with Gasteiger partial charge in [0.05, 0.1) is 26.1 Å². The first-order valence-electron chi connectivity index (χ1n) is 5.74. The Morgan fingerprint density at radius 2 is 1.76 bits per heavy atom. The van der Waals surface area contributed by atoms with E-state index in [9.17, 15) is 14.0 Å². The second-order valence-electron chi connectivity index (χ2n) is 3.37. The molecule has 0 bridgehead atoms. The lowest BCUT2D eigenvalue weighted by atomic mass is 10.2. The number of carbonyl (C=O) groups is 2. The first-order chi connectivity index (χ1) is 8.13. The van der Waals surface area contributed by atoms with Crippen LogP contribution in [0.1, 0.15) is 26.7 Å². The zero-order valence-electron chi connectivity index (χ0n) is 10.3. The molecule has 0 radical (unpaired) electrons. The average molecular weight is 249 g/mol. The topological polar surface area (TPSA) is 64.6 Å². The van der Waals surface area contributed by atoms with E-state index in [-0.39, 0.29) is 32.0 Å². The smallest absolute Gasteiger partial charge is 0.307 e. The van der Waals surface area contributed by atoms with E-state index in [0.717, 1.165) is 0 Å². The van der Waals surface area contributed by atoms with E-state index in [4.69, 9.17) is 9.47 Å². The van der Waals surface area contributed by atoms with E-state index < -0.39 is 18.7 Å². The molecule has 0 aromatic heterocycles. The standard InChI is InChI=1S/C11H20FNO4/c1-3-16-10(14)5-6-13-9(8-12)7-11(15)17-4-2/h9,13H,3-8H2,1-2H3. The SMILES string of the molecule is CCOC(=O)CCNC(CF)CC(=O)OCC. The molecule has 0 aliphatic heterocycles. The Balaban J connectivity index is 3.74. The zero-order valence-corrected chi connectivity index (χ0v) is 10.3. The van der Waals surface area contributed by atoms with Crippen molar-refractivity contribution in [2.75, 3.05) is 26.4 Å². The van der Waals surface area contributed by atoms with E-state index in [1.165, 1.54) is 0 Å². The van der Waals surface area contributed by atoms with Crippen molar-refractivity contribution < 1.29 is 23.5 Å². The van der Waals surface area contributed by atoms with Crippen LogP contribution in [-0.2, 0) is 19.1 Å². The summed E-state index contributed by atoms with van der Waals surface area (Å²) in [5, 5.41) is 2.77. The van der Waals surface area contributed by atoms with Crippen LogP contribution < -0.4 is 5.32 Å². The highest BCUT2D eigenvalue weighted by atomic mass is 19.1. The number of halogens is 1. The largest absolute Gasteiger partial charge is 0.466 e. The normalized spacial score (nSPS) is 11.9. The first kappa shape index (κ1) is 15.8. The highest BCUT2D eigenvalue weighted by molar-refractivity contribution is 5.70. The van der Waals surface area contributed by atoms with Crippen LogP contribution in [0.3, 0.4) is 0 Å². The van der Waals surface area contributed by atoms with Gasteiger partial charge in [-0.1, -0.05) is 0 Å². The van der Waals surface area contributed by atoms with Gasteiger partial charge in [-0.3, -0.25) is 9.59 Å². The number of hydrogen-bond donors (Lipinski definition) is 1. The van der Waals surface area contributed by atoms with Crippen molar-refractivity contribution in [1.29, 1.82) is 0 Å². The molecule has 0 rings (SSSR count). The van der Waals surface area contributed by atoms with Gasteiger partial charge in [0, 0.05) is 12.6 Å². The molecule has 0 aromatic carbocycles. The lowest BCUT2D eigenvalue weighted by Crippen LogP contribution is -2.35. The molecular formula is C11H20FNO4. The maximum Gasteiger partial charge on any atom is 0.307 e. The van der Waals surface area contributed by atoms with Crippen LogP contribution in [0.5, 0.6) is 0 Å². The Hall–Kier alpha value is -1.17. The Bertz CT molecular complexity index is 236. The van der Waals surface area contributed by atoms with Gasteiger partial charge in [0.1, 0.15) is 6.67 Å². The molecular weight excluding hydrogens is 229 g/mol. The van der Waals surface area contributed by atoms with Gasteiger partial charge in [-0.15, -0.1) is 0 Å². The van der Waals surface area contributed by atoms with Crippen molar-refractivity contribution in [1.82, 2.24) is 5.32 Å². The molecule has 0 spiro atoms. The highest BCUT2D eigenvalue weighted by Crippen LogP contribution is 1.97. The predicted molar refractivity (Wildman–Crippen MR) is 60.3 cm³/mol. The quantitative estimate of drug-likeness (QED) is 0.613. The van der Waals surface area contributed by atoms with Crippen LogP contribution >= 0.6 is 0 Å². The molecule has 1 atom stereocenters. The fourth-order valence-corrected chi connectivity index (χ4v) is 1.21. The van der Waals surface area contributed by atoms with Crippen LogP contribution in [0.4, 0.5) is 4.39 Å². The molecule has 0 aliphatic carbocycles. The minimum Gasteiger partial charge on any atom is -0.466 e. The first-order valence-corrected chi connectivity index (χ1v) is 5.74. The van der Waals surface area contributed by atoms with Crippen molar-refractivity contribution in [3.63, 3.8) is 0 Å². The van der Waals surface area contributed by atoms with Gasteiger partial charge in [-0.05, 0) is 13.8 Å². The van der Waals surface area contributed by atoms with E-state index in [1.807, 2.05) is 0 Å². The van der Waals surface area contributed by atoms with Crippen LogP contribution in [0.2, 0.25) is 0 Å². The third-order valence-electron chi connectivity index (χ3n) is 1.97. The molecule has 0 heterocycles. The molecule has 1 unspecified atom stereocenters. The molecule has 0 amide bonds. The van der Waals surface area contributed by atoms with Crippen molar-refractivity contribution in [3.05, 3.63) is 0 Å². The van der Waals surface area contributed by atoms with Crippen LogP contribution in [-0.4, -0.2) is 44.4 Å². The molecule has 17 heavy (non-hydrogen) atoms. The molecule has 0 fully saturated rings. The summed E-state index contributed by atoms with van der Waals surface area (Å²) in [7, 11) is 0. The number of hydrogen-bond acceptors (Lipinski definition) is 5. The van der Waals surface area contributed by atoms with Gasteiger partial charge in [0.15, 0.2) is 0 Å². The molecule has 5 nitrogen and oxygen atoms in total. The minimum atomic E-state index is -0.679. The minimum absolute atomic E-state index is 0.0346. The van der Waals surface area contributed by atoms with Gasteiger partial charge in [-0.25, -0.2) is 4.39 Å². The summed E-state index contributed by atoms with van der Waals surface area (Å²) in [6.07, 6.45) is 0.125. The molecule has 0 saturated carbocycles. The molecule has 1 N–H and O–H groups in total. The summed E-state index contributed by atoms with van der Waals surface area (Å²) in [5.41, 5.74) is 0. The fraction of sp³-hybridized carbons (Fsp3) is 0.818. The van der Waals surface area contributed by atoms with Gasteiger partial charge in [-0.2, -0.15) is 0 Å². The number of alkyl halides is 1. The van der Waals surface area contributed by atoms with Crippen LogP contribution in [0.25, 0.3) is 0 Å². The summed E-state index contributed by atoms with van der Waals surface area (Å²) in [6, 6.07) is -0.608. The number of rotatable bonds is 9. The van der Waals surface area contributed by atoms with E-state index in [0.29, 0.717) is 6.61 Å². The number of ether oxygens (including phenoxy) is 2. The van der Waals surface area contributed by atoms with Crippen LogP contribution in [0, 0.1) is 0 Å². The number of nitrogens with one attached hydrogen (secondary N) is 1. The second-order valence-corrected chi connectivity index (χ2v) is 3.37. The molecule has 100 valence electrons. The van der Waals surface area contributed by atoms with E-state index >= 15 is 0 Å². The summed E-state index contributed by atoms with van der Waals surface area (Å²) < 4.78 is 22.0. The van der Waals surface area contributed by atoms with Gasteiger partial charge in [0.2, 0.25) is 0 Å². The highest BCUT2D eigenvalue weighted by Gasteiger charge is 2.14. The lowest BCUT2D eigenvalue weighted by molar-refractivity contribution is -0.143. The van der Waals surface area contributed by atoms with Crippen molar-refractivity contribution in [3.8, 4) is 0 Å². The van der Waals surface area contributed by atoms with Crippen molar-refractivity contribution in [2.45, 2.75) is 32.7 Å². The van der Waals surface area contributed by atoms with Gasteiger partial charge >= 0.3 is 11.9 Å². The summed E-state index contributed by atoms with van der Waals surface area (Å²) in [4.78, 5) is 22.1. The molecule has 0 saturated heterocycles. The lowest BCUT2D eigenvalue weighted by Gasteiger charge is -2.13. The number of carbonyl (C=O) groups excluding carboxylic acids is 2. The summed E-state index contributed by atoms with van der Waals surface area (Å²) >= 11 is 0. The van der Waals surface area contributed by atoms with Crippen molar-refractivity contribution in [2.24, 2.45) is 0 Å². The summed E-state index contributed by atoms with van der Waals surface area (Å²) in [5.74, 6) is -0.785. The summed E-state index contributed by atoms with van der Waals surface area (Å²) in [6.45, 7) is 3.62. The van der Waals surface area contributed by atoms with E-state index in [2.05, 4.69) is 5.32 Å². The fourth-order valence-electron chi connectivity index (χ4n) is 1.21. The van der Waals surface area contributed by atoms with Crippen molar-refractivity contribution >= 4 is 11.9 Å². The third-order valence-corrected chi connectivity index (χ3v) is 1.97. The van der Waals surface area contributed by atoms with E-state index in [1.54, 1.807) is 13.8 Å². The maximum atomic E-state index is 12.5. The molecule has 6 heteroatoms. The number of esters is 2. The zero-order chi connectivity index (χ0) is 13.1.